The monoisotopic (exact) mass is 345 g/mol. The summed E-state index contributed by atoms with van der Waals surface area (Å²) >= 11 is 0. The zero-order valence-corrected chi connectivity index (χ0v) is 13.6. The summed E-state index contributed by atoms with van der Waals surface area (Å²) in [6, 6.07) is 6.06. The molecule has 0 spiro atoms. The number of amides is 1. The zero-order chi connectivity index (χ0) is 17.7. The Hall–Kier alpha value is -1.76. The molecule has 0 aliphatic carbocycles. The highest BCUT2D eigenvalue weighted by Gasteiger charge is 2.28. The molecule has 0 saturated carbocycles. The lowest BCUT2D eigenvalue weighted by Gasteiger charge is -2.34. The summed E-state index contributed by atoms with van der Waals surface area (Å²) in [5.41, 5.74) is 0.721. The highest BCUT2D eigenvalue weighted by molar-refractivity contribution is 5.78. The molecule has 2 rings (SSSR count). The van der Waals surface area contributed by atoms with Crippen molar-refractivity contribution in [3.63, 3.8) is 0 Å². The second-order valence-corrected chi connectivity index (χ2v) is 6.21. The van der Waals surface area contributed by atoms with E-state index in [9.17, 15) is 23.1 Å². The molecule has 0 bridgehead atoms. The van der Waals surface area contributed by atoms with Gasteiger partial charge in [0.2, 0.25) is 5.91 Å². The third kappa shape index (κ3) is 5.70. The first-order valence-corrected chi connectivity index (χ1v) is 7.99. The van der Waals surface area contributed by atoms with Crippen LogP contribution in [0.15, 0.2) is 24.3 Å². The molecule has 1 saturated heterocycles. The van der Waals surface area contributed by atoms with Crippen LogP contribution in [0.2, 0.25) is 0 Å². The lowest BCUT2D eigenvalue weighted by molar-refractivity contribution is -0.153. The fourth-order valence-corrected chi connectivity index (χ4v) is 2.79. The number of rotatable bonds is 5. The average Bonchev–Trinajstić information content (AvgIpc) is 2.53. The van der Waals surface area contributed by atoms with E-state index in [2.05, 4.69) is 4.74 Å². The molecule has 1 aliphatic rings. The van der Waals surface area contributed by atoms with Gasteiger partial charge >= 0.3 is 6.18 Å². The maximum atomic E-state index is 12.3. The summed E-state index contributed by atoms with van der Waals surface area (Å²) in [6.07, 6.45) is -2.85. The van der Waals surface area contributed by atoms with Gasteiger partial charge in [-0.15, -0.1) is 0 Å². The number of piperidine rings is 1. The van der Waals surface area contributed by atoms with Crippen molar-refractivity contribution in [1.82, 2.24) is 4.90 Å². The number of likely N-dealkylation sites (tertiary alicyclic amines) is 1. The highest BCUT2D eigenvalue weighted by Crippen LogP contribution is 2.22. The van der Waals surface area contributed by atoms with Crippen LogP contribution in [0.4, 0.5) is 13.2 Å². The number of benzene rings is 1. The maximum Gasteiger partial charge on any atom is 0.422 e. The number of hydrogen-bond acceptors (Lipinski definition) is 3. The second-order valence-electron chi connectivity index (χ2n) is 6.21. The van der Waals surface area contributed by atoms with Crippen molar-refractivity contribution in [2.45, 2.75) is 38.5 Å². The molecule has 0 radical (unpaired) electrons. The molecule has 0 aromatic heterocycles. The Labute approximate surface area is 139 Å². The van der Waals surface area contributed by atoms with E-state index in [0.29, 0.717) is 13.1 Å². The summed E-state index contributed by atoms with van der Waals surface area (Å²) in [7, 11) is 0. The van der Waals surface area contributed by atoms with Crippen molar-refractivity contribution in [2.24, 2.45) is 5.92 Å². The molecule has 1 aromatic rings. The van der Waals surface area contributed by atoms with Gasteiger partial charge in [-0.3, -0.25) is 4.79 Å². The van der Waals surface area contributed by atoms with Gasteiger partial charge < -0.3 is 14.7 Å². The number of aliphatic hydroxyl groups is 1. The van der Waals surface area contributed by atoms with Gasteiger partial charge in [0.25, 0.3) is 0 Å². The molecule has 1 N–H and O–H groups in total. The Morgan fingerprint density at radius 1 is 1.38 bits per heavy atom. The van der Waals surface area contributed by atoms with Crippen molar-refractivity contribution in [2.75, 3.05) is 19.7 Å². The van der Waals surface area contributed by atoms with Crippen LogP contribution in [0, 0.1) is 5.92 Å². The number of halogens is 3. The van der Waals surface area contributed by atoms with E-state index in [1.54, 1.807) is 24.0 Å². The topological polar surface area (TPSA) is 49.8 Å². The number of ether oxygens (including phenoxy) is 1. The SMILES string of the molecule is C[C@H](O)[C@H]1CCCN(C(=O)Cc2ccc(OCC(F)(F)F)cc2)C1. The van der Waals surface area contributed by atoms with Crippen molar-refractivity contribution in [3.8, 4) is 5.75 Å². The van der Waals surface area contributed by atoms with E-state index in [1.807, 2.05) is 0 Å². The van der Waals surface area contributed by atoms with Crippen LogP contribution >= 0.6 is 0 Å². The predicted octanol–water partition coefficient (Wildman–Crippen LogP) is 2.79. The second kappa shape index (κ2) is 7.88. The van der Waals surface area contributed by atoms with Gasteiger partial charge in [0.15, 0.2) is 6.61 Å². The summed E-state index contributed by atoms with van der Waals surface area (Å²) < 4.78 is 40.9. The molecule has 4 nitrogen and oxygen atoms in total. The fraction of sp³-hybridized carbons (Fsp3) is 0.588. The average molecular weight is 345 g/mol. The van der Waals surface area contributed by atoms with Crippen LogP contribution in [0.5, 0.6) is 5.75 Å². The lowest BCUT2D eigenvalue weighted by Crippen LogP contribution is -2.43. The van der Waals surface area contributed by atoms with Crippen LogP contribution in [-0.2, 0) is 11.2 Å². The van der Waals surface area contributed by atoms with E-state index >= 15 is 0 Å². The Balaban J connectivity index is 1.87. The normalized spacial score (nSPS) is 19.9. The zero-order valence-electron chi connectivity index (χ0n) is 13.6. The summed E-state index contributed by atoms with van der Waals surface area (Å²) in [6.45, 7) is 1.62. The van der Waals surface area contributed by atoms with E-state index < -0.39 is 18.9 Å². The molecule has 1 heterocycles. The van der Waals surface area contributed by atoms with Crippen molar-refractivity contribution < 1.29 is 27.8 Å². The van der Waals surface area contributed by atoms with Gasteiger partial charge in [0.05, 0.1) is 12.5 Å². The number of carbonyl (C=O) groups is 1. The Bertz CT molecular complexity index is 543. The number of alkyl halides is 3. The first kappa shape index (κ1) is 18.6. The van der Waals surface area contributed by atoms with Gasteiger partial charge in [-0.1, -0.05) is 12.1 Å². The first-order chi connectivity index (χ1) is 11.2. The standard InChI is InChI=1S/C17H22F3NO3/c1-12(22)14-3-2-8-21(10-14)16(23)9-13-4-6-15(7-5-13)24-11-17(18,19)20/h4-7,12,14,22H,2-3,8-11H2,1H3/t12-,14-/m0/s1. The predicted molar refractivity (Wildman–Crippen MR) is 82.7 cm³/mol. The van der Waals surface area contributed by atoms with E-state index in [4.69, 9.17) is 0 Å². The van der Waals surface area contributed by atoms with Crippen LogP contribution in [0.25, 0.3) is 0 Å². The molecule has 1 amide bonds. The van der Waals surface area contributed by atoms with Crippen molar-refractivity contribution in [1.29, 1.82) is 0 Å². The number of hydrogen-bond donors (Lipinski definition) is 1. The highest BCUT2D eigenvalue weighted by atomic mass is 19.4. The minimum atomic E-state index is -4.37. The molecule has 0 unspecified atom stereocenters. The third-order valence-corrected chi connectivity index (χ3v) is 4.17. The molecule has 134 valence electrons. The Morgan fingerprint density at radius 3 is 2.62 bits per heavy atom. The van der Waals surface area contributed by atoms with Crippen LogP contribution < -0.4 is 4.74 Å². The summed E-state index contributed by atoms with van der Waals surface area (Å²) in [5.74, 6) is 0.181. The summed E-state index contributed by atoms with van der Waals surface area (Å²) in [5, 5.41) is 9.67. The molecule has 1 aliphatic heterocycles. The first-order valence-electron chi connectivity index (χ1n) is 7.99. The molecular formula is C17H22F3NO3. The van der Waals surface area contributed by atoms with Gasteiger partial charge in [-0.25, -0.2) is 0 Å². The lowest BCUT2D eigenvalue weighted by atomic mass is 9.93. The number of carbonyl (C=O) groups excluding carboxylic acids is 1. The third-order valence-electron chi connectivity index (χ3n) is 4.17. The fourth-order valence-electron chi connectivity index (χ4n) is 2.79. The minimum Gasteiger partial charge on any atom is -0.484 e. The molecule has 24 heavy (non-hydrogen) atoms. The van der Waals surface area contributed by atoms with Crippen LogP contribution in [0.1, 0.15) is 25.3 Å². The Kier molecular flexibility index (Phi) is 6.10. The van der Waals surface area contributed by atoms with Gasteiger partial charge in [-0.05, 0) is 37.5 Å². The van der Waals surface area contributed by atoms with E-state index in [1.165, 1.54) is 12.1 Å². The van der Waals surface area contributed by atoms with Crippen LogP contribution in [-0.4, -0.2) is 47.9 Å². The largest absolute Gasteiger partial charge is 0.484 e. The van der Waals surface area contributed by atoms with Crippen LogP contribution in [0.3, 0.4) is 0 Å². The van der Waals surface area contributed by atoms with Gasteiger partial charge in [0, 0.05) is 19.0 Å². The smallest absolute Gasteiger partial charge is 0.422 e. The minimum absolute atomic E-state index is 0.0377. The molecule has 2 atom stereocenters. The van der Waals surface area contributed by atoms with Gasteiger partial charge in [0.1, 0.15) is 5.75 Å². The quantitative estimate of drug-likeness (QED) is 0.893. The van der Waals surface area contributed by atoms with Crippen molar-refractivity contribution in [3.05, 3.63) is 29.8 Å². The maximum absolute atomic E-state index is 12.3. The summed E-state index contributed by atoms with van der Waals surface area (Å²) in [4.78, 5) is 14.1. The molecular weight excluding hydrogens is 323 g/mol. The van der Waals surface area contributed by atoms with Crippen molar-refractivity contribution >= 4 is 5.91 Å². The molecule has 1 aromatic carbocycles. The molecule has 7 heteroatoms. The number of nitrogens with zero attached hydrogens (tertiary/aromatic N) is 1. The Morgan fingerprint density at radius 2 is 2.04 bits per heavy atom. The van der Waals surface area contributed by atoms with E-state index in [-0.39, 0.29) is 24.0 Å². The molecule has 1 fully saturated rings. The number of aliphatic hydroxyl groups excluding tert-OH is 1. The van der Waals surface area contributed by atoms with E-state index in [0.717, 1.165) is 18.4 Å². The van der Waals surface area contributed by atoms with Gasteiger partial charge in [-0.2, -0.15) is 13.2 Å².